The van der Waals surface area contributed by atoms with Gasteiger partial charge in [-0.3, -0.25) is 4.79 Å². The summed E-state index contributed by atoms with van der Waals surface area (Å²) in [6.45, 7) is 1.55. The van der Waals surface area contributed by atoms with E-state index >= 15 is 0 Å². The summed E-state index contributed by atoms with van der Waals surface area (Å²) < 4.78 is 18.4. The molecule has 29 heavy (non-hydrogen) atoms. The van der Waals surface area contributed by atoms with Gasteiger partial charge < -0.3 is 9.42 Å². The van der Waals surface area contributed by atoms with E-state index in [0.717, 1.165) is 37.9 Å². The highest BCUT2D eigenvalue weighted by molar-refractivity contribution is 5.76. The smallest absolute Gasteiger partial charge is 0.227 e. The fourth-order valence-corrected chi connectivity index (χ4v) is 3.74. The van der Waals surface area contributed by atoms with Crippen molar-refractivity contribution in [1.82, 2.24) is 15.0 Å². The minimum atomic E-state index is -0.289. The number of aryl methyl sites for hydroxylation is 1. The highest BCUT2D eigenvalue weighted by Gasteiger charge is 2.24. The standard InChI is InChI=1S/C23H24FN3O2/c24-20-9-7-19(8-10-20)23-25-21(29-26-23)16-18-12-14-27(15-13-18)22(28)11-6-17-4-2-1-3-5-17/h1-5,7-10,18H,6,11-16H2. The van der Waals surface area contributed by atoms with Gasteiger partial charge >= 0.3 is 0 Å². The van der Waals surface area contributed by atoms with Crippen molar-refractivity contribution in [2.45, 2.75) is 32.1 Å². The third-order valence-electron chi connectivity index (χ3n) is 5.47. The van der Waals surface area contributed by atoms with E-state index in [-0.39, 0.29) is 11.7 Å². The number of benzene rings is 2. The maximum atomic E-state index is 13.0. The molecule has 4 rings (SSSR count). The van der Waals surface area contributed by atoms with Crippen molar-refractivity contribution >= 4 is 5.91 Å². The zero-order chi connectivity index (χ0) is 20.1. The molecule has 0 atom stereocenters. The van der Waals surface area contributed by atoms with Gasteiger partial charge in [0.25, 0.3) is 0 Å². The van der Waals surface area contributed by atoms with Crippen LogP contribution in [0, 0.1) is 11.7 Å². The van der Waals surface area contributed by atoms with Crippen LogP contribution < -0.4 is 0 Å². The molecule has 0 saturated carbocycles. The summed E-state index contributed by atoms with van der Waals surface area (Å²) in [6.07, 6.45) is 3.92. The summed E-state index contributed by atoms with van der Waals surface area (Å²) in [6, 6.07) is 16.2. The fourth-order valence-electron chi connectivity index (χ4n) is 3.74. The predicted octanol–water partition coefficient (Wildman–Crippen LogP) is 4.29. The number of hydrogen-bond acceptors (Lipinski definition) is 4. The molecular formula is C23H24FN3O2. The second-order valence-electron chi connectivity index (χ2n) is 7.53. The third kappa shape index (κ3) is 5.08. The Labute approximate surface area is 169 Å². The van der Waals surface area contributed by atoms with Gasteiger partial charge in [-0.2, -0.15) is 4.98 Å². The monoisotopic (exact) mass is 393 g/mol. The molecule has 1 aliphatic rings. The minimum Gasteiger partial charge on any atom is -0.343 e. The van der Waals surface area contributed by atoms with Crippen molar-refractivity contribution in [2.24, 2.45) is 5.92 Å². The van der Waals surface area contributed by atoms with Crippen LogP contribution in [0.3, 0.4) is 0 Å². The van der Waals surface area contributed by atoms with Gasteiger partial charge in [-0.1, -0.05) is 35.5 Å². The molecule has 1 amide bonds. The molecular weight excluding hydrogens is 369 g/mol. The average Bonchev–Trinajstić information content (AvgIpc) is 3.22. The zero-order valence-corrected chi connectivity index (χ0v) is 16.3. The third-order valence-corrected chi connectivity index (χ3v) is 5.47. The maximum absolute atomic E-state index is 13.0. The van der Waals surface area contributed by atoms with Crippen molar-refractivity contribution in [3.05, 3.63) is 71.9 Å². The van der Waals surface area contributed by atoms with Crippen molar-refractivity contribution < 1.29 is 13.7 Å². The summed E-state index contributed by atoms with van der Waals surface area (Å²) in [7, 11) is 0. The number of piperidine rings is 1. The highest BCUT2D eigenvalue weighted by Crippen LogP contribution is 2.23. The molecule has 150 valence electrons. The normalized spacial score (nSPS) is 14.9. The SMILES string of the molecule is O=C(CCc1ccccc1)N1CCC(Cc2nc(-c3ccc(F)cc3)no2)CC1. The summed E-state index contributed by atoms with van der Waals surface area (Å²) in [5.74, 6) is 1.44. The molecule has 1 fully saturated rings. The quantitative estimate of drug-likeness (QED) is 0.627. The average molecular weight is 393 g/mol. The molecule has 1 saturated heterocycles. The number of halogens is 1. The van der Waals surface area contributed by atoms with E-state index in [1.54, 1.807) is 12.1 Å². The van der Waals surface area contributed by atoms with E-state index in [0.29, 0.717) is 30.5 Å². The van der Waals surface area contributed by atoms with Crippen molar-refractivity contribution in [3.63, 3.8) is 0 Å². The van der Waals surface area contributed by atoms with Crippen LogP contribution in [0.2, 0.25) is 0 Å². The van der Waals surface area contributed by atoms with Gasteiger partial charge in [0.1, 0.15) is 5.82 Å². The summed E-state index contributed by atoms with van der Waals surface area (Å²) in [5, 5.41) is 4.00. The molecule has 1 aromatic heterocycles. The second kappa shape index (κ2) is 8.99. The van der Waals surface area contributed by atoms with E-state index in [4.69, 9.17) is 4.52 Å². The van der Waals surface area contributed by atoms with Crippen LogP contribution >= 0.6 is 0 Å². The Balaban J connectivity index is 1.25. The molecule has 1 aliphatic heterocycles. The molecule has 0 bridgehead atoms. The van der Waals surface area contributed by atoms with Gasteiger partial charge in [0.15, 0.2) is 0 Å². The number of nitrogens with zero attached hydrogens (tertiary/aromatic N) is 3. The number of carbonyl (C=O) groups is 1. The molecule has 5 nitrogen and oxygen atoms in total. The van der Waals surface area contributed by atoms with Gasteiger partial charge in [-0.15, -0.1) is 0 Å². The van der Waals surface area contributed by atoms with Gasteiger partial charge in [0.2, 0.25) is 17.6 Å². The first-order chi connectivity index (χ1) is 14.2. The molecule has 6 heteroatoms. The first kappa shape index (κ1) is 19.3. The van der Waals surface area contributed by atoms with Crippen LogP contribution in [-0.4, -0.2) is 34.0 Å². The molecule has 0 spiro atoms. The van der Waals surface area contributed by atoms with E-state index in [1.807, 2.05) is 23.1 Å². The van der Waals surface area contributed by atoms with Crippen molar-refractivity contribution in [3.8, 4) is 11.4 Å². The summed E-state index contributed by atoms with van der Waals surface area (Å²) >= 11 is 0. The fraction of sp³-hybridized carbons (Fsp3) is 0.348. The number of rotatable bonds is 6. The number of hydrogen-bond donors (Lipinski definition) is 0. The molecule has 2 heterocycles. The molecule has 0 unspecified atom stereocenters. The Morgan fingerprint density at radius 1 is 1.07 bits per heavy atom. The topological polar surface area (TPSA) is 59.2 Å². The number of carbonyl (C=O) groups excluding carboxylic acids is 1. The number of amides is 1. The number of aromatic nitrogens is 2. The first-order valence-electron chi connectivity index (χ1n) is 10.1. The minimum absolute atomic E-state index is 0.226. The van der Waals surface area contributed by atoms with E-state index in [1.165, 1.54) is 17.7 Å². The van der Waals surface area contributed by atoms with Crippen LogP contribution in [-0.2, 0) is 17.6 Å². The molecule has 3 aromatic rings. The summed E-state index contributed by atoms with van der Waals surface area (Å²) in [5.41, 5.74) is 1.93. The van der Waals surface area contributed by atoms with Gasteiger partial charge in [-0.25, -0.2) is 4.39 Å². The lowest BCUT2D eigenvalue weighted by Crippen LogP contribution is -2.39. The number of likely N-dealkylation sites (tertiary alicyclic amines) is 1. The first-order valence-corrected chi connectivity index (χ1v) is 10.1. The zero-order valence-electron chi connectivity index (χ0n) is 16.3. The van der Waals surface area contributed by atoms with Crippen LogP contribution in [0.15, 0.2) is 59.1 Å². The van der Waals surface area contributed by atoms with Crippen molar-refractivity contribution in [1.29, 1.82) is 0 Å². The summed E-state index contributed by atoms with van der Waals surface area (Å²) in [4.78, 5) is 18.9. The van der Waals surface area contributed by atoms with Crippen molar-refractivity contribution in [2.75, 3.05) is 13.1 Å². The maximum Gasteiger partial charge on any atom is 0.227 e. The lowest BCUT2D eigenvalue weighted by atomic mass is 9.93. The van der Waals surface area contributed by atoms with Gasteiger partial charge in [0, 0.05) is 31.5 Å². The van der Waals surface area contributed by atoms with E-state index in [9.17, 15) is 9.18 Å². The Hall–Kier alpha value is -3.02. The Kier molecular flexibility index (Phi) is 5.98. The lowest BCUT2D eigenvalue weighted by molar-refractivity contribution is -0.132. The molecule has 0 radical (unpaired) electrons. The van der Waals surface area contributed by atoms with Gasteiger partial charge in [0.05, 0.1) is 0 Å². The van der Waals surface area contributed by atoms with Crippen LogP contribution in [0.25, 0.3) is 11.4 Å². The Bertz CT molecular complexity index is 932. The molecule has 0 N–H and O–H groups in total. The van der Waals surface area contributed by atoms with E-state index < -0.39 is 0 Å². The second-order valence-corrected chi connectivity index (χ2v) is 7.53. The van der Waals surface area contributed by atoms with Crippen LogP contribution in [0.1, 0.15) is 30.7 Å². The Morgan fingerprint density at radius 2 is 1.79 bits per heavy atom. The van der Waals surface area contributed by atoms with Gasteiger partial charge in [-0.05, 0) is 55.0 Å². The largest absolute Gasteiger partial charge is 0.343 e. The lowest BCUT2D eigenvalue weighted by Gasteiger charge is -2.31. The van der Waals surface area contributed by atoms with E-state index in [2.05, 4.69) is 22.3 Å². The van der Waals surface area contributed by atoms with Crippen LogP contribution in [0.5, 0.6) is 0 Å². The van der Waals surface area contributed by atoms with Crippen LogP contribution in [0.4, 0.5) is 4.39 Å². The molecule has 0 aliphatic carbocycles. The molecule has 2 aromatic carbocycles. The highest BCUT2D eigenvalue weighted by atomic mass is 19.1. The Morgan fingerprint density at radius 3 is 2.52 bits per heavy atom. The predicted molar refractivity (Wildman–Crippen MR) is 107 cm³/mol.